The SMILES string of the molecule is O=S(=O)(NC1CCN2CCCC12)c1ccc(Br)c(F)c1. The highest BCUT2D eigenvalue weighted by molar-refractivity contribution is 9.10. The maximum atomic E-state index is 13.5. The number of fused-ring (bicyclic) bond motifs is 1. The van der Waals surface area contributed by atoms with Gasteiger partial charge in [-0.3, -0.25) is 4.90 Å². The molecule has 4 nitrogen and oxygen atoms in total. The molecule has 0 saturated carbocycles. The number of benzene rings is 1. The van der Waals surface area contributed by atoms with Crippen LogP contribution in [0.25, 0.3) is 0 Å². The second-order valence-corrected chi connectivity index (χ2v) is 7.91. The third kappa shape index (κ3) is 2.64. The van der Waals surface area contributed by atoms with Crippen molar-refractivity contribution in [2.75, 3.05) is 13.1 Å². The van der Waals surface area contributed by atoms with Crippen molar-refractivity contribution in [1.29, 1.82) is 0 Å². The Morgan fingerprint density at radius 3 is 2.85 bits per heavy atom. The van der Waals surface area contributed by atoms with Crippen LogP contribution in [0.3, 0.4) is 0 Å². The minimum Gasteiger partial charge on any atom is -0.299 e. The molecule has 0 bridgehead atoms. The molecule has 20 heavy (non-hydrogen) atoms. The summed E-state index contributed by atoms with van der Waals surface area (Å²) in [6, 6.07) is 4.12. The minimum absolute atomic E-state index is 0.0188. The highest BCUT2D eigenvalue weighted by atomic mass is 79.9. The molecule has 110 valence electrons. The van der Waals surface area contributed by atoms with E-state index in [0.717, 1.165) is 38.4 Å². The first-order chi connectivity index (χ1) is 9.47. The van der Waals surface area contributed by atoms with Gasteiger partial charge in [0.05, 0.1) is 9.37 Å². The molecule has 2 aliphatic heterocycles. The van der Waals surface area contributed by atoms with E-state index in [1.54, 1.807) is 0 Å². The van der Waals surface area contributed by atoms with Crippen LogP contribution in [0.5, 0.6) is 0 Å². The van der Waals surface area contributed by atoms with Gasteiger partial charge >= 0.3 is 0 Å². The molecule has 0 spiro atoms. The van der Waals surface area contributed by atoms with E-state index < -0.39 is 15.8 Å². The molecule has 1 aromatic rings. The quantitative estimate of drug-likeness (QED) is 0.895. The van der Waals surface area contributed by atoms with E-state index in [4.69, 9.17) is 0 Å². The highest BCUT2D eigenvalue weighted by Gasteiger charge is 2.39. The van der Waals surface area contributed by atoms with E-state index in [-0.39, 0.29) is 15.4 Å². The maximum Gasteiger partial charge on any atom is 0.240 e. The number of nitrogens with one attached hydrogen (secondary N) is 1. The van der Waals surface area contributed by atoms with Crippen LogP contribution in [-0.4, -0.2) is 38.5 Å². The van der Waals surface area contributed by atoms with Gasteiger partial charge in [-0.15, -0.1) is 0 Å². The fourth-order valence-electron chi connectivity index (χ4n) is 3.13. The molecule has 1 aromatic carbocycles. The molecular weight excluding hydrogens is 347 g/mol. The van der Waals surface area contributed by atoms with Gasteiger partial charge in [-0.25, -0.2) is 17.5 Å². The van der Waals surface area contributed by atoms with Gasteiger partial charge in [0.1, 0.15) is 5.82 Å². The lowest BCUT2D eigenvalue weighted by molar-refractivity contribution is 0.309. The molecule has 3 rings (SSSR count). The Balaban J connectivity index is 1.80. The summed E-state index contributed by atoms with van der Waals surface area (Å²) < 4.78 is 41.1. The van der Waals surface area contributed by atoms with Gasteiger partial charge < -0.3 is 0 Å². The number of hydrogen-bond donors (Lipinski definition) is 1. The molecule has 2 atom stereocenters. The Hall–Kier alpha value is -0.500. The Bertz CT molecular complexity index is 623. The van der Waals surface area contributed by atoms with Gasteiger partial charge in [-0.2, -0.15) is 0 Å². The van der Waals surface area contributed by atoms with E-state index in [2.05, 4.69) is 25.6 Å². The van der Waals surface area contributed by atoms with Crippen molar-refractivity contribution in [2.45, 2.75) is 36.2 Å². The highest BCUT2D eigenvalue weighted by Crippen LogP contribution is 2.29. The molecule has 1 N–H and O–H groups in total. The second-order valence-electron chi connectivity index (χ2n) is 5.34. The average Bonchev–Trinajstić information content (AvgIpc) is 2.97. The molecular formula is C13H16BrFN2O2S. The summed E-state index contributed by atoms with van der Waals surface area (Å²) in [7, 11) is -3.66. The number of hydrogen-bond acceptors (Lipinski definition) is 3. The van der Waals surface area contributed by atoms with Crippen molar-refractivity contribution >= 4 is 26.0 Å². The van der Waals surface area contributed by atoms with Gasteiger partial charge in [0.25, 0.3) is 0 Å². The van der Waals surface area contributed by atoms with Crippen molar-refractivity contribution in [1.82, 2.24) is 9.62 Å². The predicted molar refractivity (Wildman–Crippen MR) is 77.4 cm³/mol. The van der Waals surface area contributed by atoms with Crippen molar-refractivity contribution in [3.05, 3.63) is 28.5 Å². The van der Waals surface area contributed by atoms with Crippen LogP contribution in [-0.2, 0) is 10.0 Å². The first-order valence-electron chi connectivity index (χ1n) is 6.69. The van der Waals surface area contributed by atoms with Crippen molar-refractivity contribution in [3.8, 4) is 0 Å². The zero-order valence-corrected chi connectivity index (χ0v) is 13.3. The lowest BCUT2D eigenvalue weighted by Crippen LogP contribution is -2.42. The van der Waals surface area contributed by atoms with Gasteiger partial charge in [-0.1, -0.05) is 0 Å². The summed E-state index contributed by atoms with van der Waals surface area (Å²) in [5, 5.41) is 0. The lowest BCUT2D eigenvalue weighted by atomic mass is 10.1. The van der Waals surface area contributed by atoms with Crippen LogP contribution < -0.4 is 4.72 Å². The molecule has 2 aliphatic rings. The third-order valence-corrected chi connectivity index (χ3v) is 6.24. The largest absolute Gasteiger partial charge is 0.299 e. The molecule has 2 heterocycles. The second kappa shape index (κ2) is 5.36. The summed E-state index contributed by atoms with van der Waals surface area (Å²) in [4.78, 5) is 2.31. The molecule has 2 saturated heterocycles. The Morgan fingerprint density at radius 1 is 1.30 bits per heavy atom. The van der Waals surface area contributed by atoms with Crippen LogP contribution in [0.1, 0.15) is 19.3 Å². The summed E-state index contributed by atoms with van der Waals surface area (Å²) in [6.07, 6.45) is 2.97. The summed E-state index contributed by atoms with van der Waals surface area (Å²) in [5.74, 6) is -0.568. The zero-order chi connectivity index (χ0) is 14.3. The molecule has 7 heteroatoms. The topological polar surface area (TPSA) is 49.4 Å². The summed E-state index contributed by atoms with van der Waals surface area (Å²) in [6.45, 7) is 1.99. The minimum atomic E-state index is -3.66. The van der Waals surface area contributed by atoms with E-state index >= 15 is 0 Å². The van der Waals surface area contributed by atoms with E-state index in [1.807, 2.05) is 0 Å². The van der Waals surface area contributed by atoms with Crippen LogP contribution >= 0.6 is 15.9 Å². The fraction of sp³-hybridized carbons (Fsp3) is 0.538. The van der Waals surface area contributed by atoms with Gasteiger partial charge in [0.15, 0.2) is 0 Å². The standard InChI is InChI=1S/C13H16BrFN2O2S/c14-10-4-3-9(8-11(10)15)20(18,19)16-12-5-7-17-6-1-2-13(12)17/h3-4,8,12-13,16H,1-2,5-7H2. The number of sulfonamides is 1. The first kappa shape index (κ1) is 14.4. The smallest absolute Gasteiger partial charge is 0.240 e. The number of rotatable bonds is 3. The number of nitrogens with zero attached hydrogens (tertiary/aromatic N) is 1. The molecule has 0 aromatic heterocycles. The molecule has 2 unspecified atom stereocenters. The van der Waals surface area contributed by atoms with Gasteiger partial charge in [0.2, 0.25) is 10.0 Å². The molecule has 0 radical (unpaired) electrons. The Morgan fingerprint density at radius 2 is 2.10 bits per heavy atom. The van der Waals surface area contributed by atoms with Gasteiger partial charge in [-0.05, 0) is 59.9 Å². The van der Waals surface area contributed by atoms with Crippen molar-refractivity contribution in [3.63, 3.8) is 0 Å². The Kier molecular flexibility index (Phi) is 3.87. The summed E-state index contributed by atoms with van der Waals surface area (Å²) in [5.41, 5.74) is 0. The van der Waals surface area contributed by atoms with Crippen molar-refractivity contribution < 1.29 is 12.8 Å². The monoisotopic (exact) mass is 362 g/mol. The van der Waals surface area contributed by atoms with Gasteiger partial charge in [0, 0.05) is 18.6 Å². The summed E-state index contributed by atoms with van der Waals surface area (Å²) >= 11 is 3.02. The molecule has 0 amide bonds. The maximum absolute atomic E-state index is 13.5. The first-order valence-corrected chi connectivity index (χ1v) is 8.96. The van der Waals surface area contributed by atoms with E-state index in [0.29, 0.717) is 6.04 Å². The predicted octanol–water partition coefficient (Wildman–Crippen LogP) is 2.10. The fourth-order valence-corrected chi connectivity index (χ4v) is 4.69. The normalized spacial score (nSPS) is 26.9. The third-order valence-electron chi connectivity index (χ3n) is 4.11. The number of halogens is 2. The lowest BCUT2D eigenvalue weighted by Gasteiger charge is -2.21. The van der Waals surface area contributed by atoms with Crippen molar-refractivity contribution in [2.24, 2.45) is 0 Å². The van der Waals surface area contributed by atoms with E-state index in [9.17, 15) is 12.8 Å². The van der Waals surface area contributed by atoms with Crippen LogP contribution in [0.15, 0.2) is 27.6 Å². The average molecular weight is 363 g/mol. The zero-order valence-electron chi connectivity index (χ0n) is 10.9. The van der Waals surface area contributed by atoms with E-state index in [1.165, 1.54) is 12.1 Å². The van der Waals surface area contributed by atoms with Crippen LogP contribution in [0, 0.1) is 5.82 Å². The van der Waals surface area contributed by atoms with Crippen LogP contribution in [0.2, 0.25) is 0 Å². The molecule has 0 aliphatic carbocycles. The van der Waals surface area contributed by atoms with Crippen LogP contribution in [0.4, 0.5) is 4.39 Å². The Labute approximate surface area is 126 Å². The molecule has 2 fully saturated rings.